The quantitative estimate of drug-likeness (QED) is 0.402. The third-order valence-corrected chi connectivity index (χ3v) is 9.04. The first-order valence-electron chi connectivity index (χ1n) is 14.5. The minimum atomic E-state index is -4.06. The van der Waals surface area contributed by atoms with E-state index in [2.05, 4.69) is 29.7 Å². The van der Waals surface area contributed by atoms with Crippen molar-refractivity contribution in [2.45, 2.75) is 65.2 Å². The third-order valence-electron chi connectivity index (χ3n) is 7.88. The Bertz CT molecular complexity index is 1440. The minimum absolute atomic E-state index is 0. The molecule has 1 aliphatic carbocycles. The molecule has 1 amide bonds. The number of nitrogens with one attached hydrogen (secondary N) is 2. The number of amides is 1. The lowest BCUT2D eigenvalue weighted by atomic mass is 9.93. The van der Waals surface area contributed by atoms with Gasteiger partial charge in [0, 0.05) is 53.6 Å². The van der Waals surface area contributed by atoms with E-state index in [1.165, 1.54) is 25.1 Å². The standard InChI is InChI=1S/C26H33F2N7O5S.C2H6.2H2/c1-17-13-20(32-24(30-17)35-11-7-26(27,28)8-12-35)31-23(37)22-19(34-9-5-25(3-4-25)6-10-34)14-18(15-29-22)33-41(38,39)16-21(36)40-2;1-2;;/h13-15,33H,3-12,16H2,1-2H3,(H,30,31,32,37);1-2H3;2*1H. The number of sulfonamides is 1. The lowest BCUT2D eigenvalue weighted by Crippen LogP contribution is -2.40. The lowest BCUT2D eigenvalue weighted by Gasteiger charge is -2.34. The number of carbonyl (C=O) groups is 2. The number of esters is 1. The zero-order valence-corrected chi connectivity index (χ0v) is 25.8. The Morgan fingerprint density at radius 3 is 2.23 bits per heavy atom. The van der Waals surface area contributed by atoms with Gasteiger partial charge < -0.3 is 19.9 Å². The van der Waals surface area contributed by atoms with Gasteiger partial charge in [0.1, 0.15) is 5.82 Å². The third kappa shape index (κ3) is 8.27. The molecule has 2 N–H and O–H groups in total. The largest absolute Gasteiger partial charge is 0.468 e. The smallest absolute Gasteiger partial charge is 0.322 e. The molecular formula is C28H43F2N7O5S. The summed E-state index contributed by atoms with van der Waals surface area (Å²) in [6, 6.07) is 3.11. The molecule has 0 atom stereocenters. The molecule has 1 spiro atoms. The number of methoxy groups -OCH3 is 1. The van der Waals surface area contributed by atoms with E-state index < -0.39 is 33.6 Å². The first-order chi connectivity index (χ1) is 20.4. The number of pyridine rings is 1. The summed E-state index contributed by atoms with van der Waals surface area (Å²) in [6.07, 6.45) is 4.89. The molecule has 0 unspecified atom stereocenters. The Hall–Kier alpha value is -3.62. The van der Waals surface area contributed by atoms with Crippen molar-refractivity contribution in [2.75, 3.05) is 58.9 Å². The Morgan fingerprint density at radius 2 is 1.63 bits per heavy atom. The normalized spacial score (nSPS) is 18.7. The molecule has 4 heterocycles. The molecule has 12 nitrogen and oxygen atoms in total. The predicted molar refractivity (Wildman–Crippen MR) is 163 cm³/mol. The fourth-order valence-electron chi connectivity index (χ4n) is 5.22. The van der Waals surface area contributed by atoms with E-state index >= 15 is 0 Å². The van der Waals surface area contributed by atoms with Crippen molar-refractivity contribution >= 4 is 45.0 Å². The number of aromatic nitrogens is 3. The van der Waals surface area contributed by atoms with Crippen LogP contribution in [0.4, 0.5) is 31.9 Å². The van der Waals surface area contributed by atoms with E-state index in [0.717, 1.165) is 20.0 Å². The molecule has 2 aromatic heterocycles. The molecule has 43 heavy (non-hydrogen) atoms. The molecule has 0 radical (unpaired) electrons. The van der Waals surface area contributed by atoms with Gasteiger partial charge in [-0.3, -0.25) is 14.3 Å². The van der Waals surface area contributed by atoms with Crippen LogP contribution < -0.4 is 19.8 Å². The number of nitrogens with zero attached hydrogens (tertiary/aromatic N) is 5. The molecule has 240 valence electrons. The van der Waals surface area contributed by atoms with Gasteiger partial charge in [-0.25, -0.2) is 27.2 Å². The highest BCUT2D eigenvalue weighted by Crippen LogP contribution is 2.54. The summed E-state index contributed by atoms with van der Waals surface area (Å²) in [4.78, 5) is 41.8. The molecule has 2 saturated heterocycles. The zero-order valence-electron chi connectivity index (χ0n) is 25.0. The minimum Gasteiger partial charge on any atom is -0.468 e. The van der Waals surface area contributed by atoms with Gasteiger partial charge in [0.2, 0.25) is 16.0 Å². The summed E-state index contributed by atoms with van der Waals surface area (Å²) < 4.78 is 59.0. The fraction of sp³-hybridized carbons (Fsp3) is 0.607. The number of aryl methyl sites for hydroxylation is 1. The van der Waals surface area contributed by atoms with Gasteiger partial charge in [-0.15, -0.1) is 0 Å². The van der Waals surface area contributed by atoms with Crippen LogP contribution in [0, 0.1) is 12.3 Å². The van der Waals surface area contributed by atoms with E-state index in [1.54, 1.807) is 17.9 Å². The van der Waals surface area contributed by atoms with Gasteiger partial charge in [-0.05, 0) is 44.1 Å². The topological polar surface area (TPSA) is 147 Å². The van der Waals surface area contributed by atoms with Crippen molar-refractivity contribution in [3.8, 4) is 0 Å². The highest BCUT2D eigenvalue weighted by molar-refractivity contribution is 7.93. The van der Waals surface area contributed by atoms with E-state index in [-0.39, 0.29) is 51.9 Å². The van der Waals surface area contributed by atoms with Crippen molar-refractivity contribution < 1.29 is 34.4 Å². The number of carbonyl (C=O) groups excluding carboxylic acids is 2. The second-order valence-electron chi connectivity index (χ2n) is 11.0. The molecule has 1 saturated carbocycles. The first kappa shape index (κ1) is 32.3. The van der Waals surface area contributed by atoms with Crippen LogP contribution in [-0.4, -0.2) is 80.2 Å². The number of hydrogen-bond acceptors (Lipinski definition) is 10. The SMILES string of the molecule is CC.COC(=O)CS(=O)(=O)Nc1cnc(C(=O)Nc2cc(C)nc(N3CCC(F)(F)CC3)n2)c(N2CCC3(CC2)CC3)c1.[HH].[HH]. The number of hydrogen-bond donors (Lipinski definition) is 2. The Morgan fingerprint density at radius 1 is 1.00 bits per heavy atom. The van der Waals surface area contributed by atoms with Crippen LogP contribution in [0.15, 0.2) is 18.3 Å². The van der Waals surface area contributed by atoms with Crippen LogP contribution in [0.1, 0.15) is 71.4 Å². The molecule has 0 aromatic carbocycles. The number of alkyl halides is 2. The van der Waals surface area contributed by atoms with Crippen molar-refractivity contribution in [3.63, 3.8) is 0 Å². The molecule has 2 aliphatic heterocycles. The molecule has 0 bridgehead atoms. The predicted octanol–water partition coefficient (Wildman–Crippen LogP) is 4.48. The van der Waals surface area contributed by atoms with Crippen LogP contribution in [0.2, 0.25) is 0 Å². The van der Waals surface area contributed by atoms with Gasteiger partial charge in [0.25, 0.3) is 11.8 Å². The average molecular weight is 628 g/mol. The van der Waals surface area contributed by atoms with Crippen LogP contribution in [0.5, 0.6) is 0 Å². The number of piperidine rings is 2. The van der Waals surface area contributed by atoms with Gasteiger partial charge in [0.15, 0.2) is 11.4 Å². The van der Waals surface area contributed by atoms with Crippen molar-refractivity contribution in [3.05, 3.63) is 29.7 Å². The number of halogens is 2. The molecule has 5 rings (SSSR count). The molecular weight excluding hydrogens is 584 g/mol. The van der Waals surface area contributed by atoms with Crippen LogP contribution in [0.25, 0.3) is 0 Å². The maximum Gasteiger partial charge on any atom is 0.322 e. The summed E-state index contributed by atoms with van der Waals surface area (Å²) in [5.41, 5.74) is 1.54. The van der Waals surface area contributed by atoms with Gasteiger partial charge >= 0.3 is 5.97 Å². The summed E-state index contributed by atoms with van der Waals surface area (Å²) >= 11 is 0. The van der Waals surface area contributed by atoms with E-state index in [1.807, 2.05) is 18.7 Å². The van der Waals surface area contributed by atoms with E-state index in [4.69, 9.17) is 0 Å². The zero-order chi connectivity index (χ0) is 31.4. The average Bonchev–Trinajstić information content (AvgIpc) is 3.72. The lowest BCUT2D eigenvalue weighted by molar-refractivity contribution is -0.137. The second kappa shape index (κ2) is 12.9. The highest BCUT2D eigenvalue weighted by atomic mass is 32.2. The molecule has 3 fully saturated rings. The number of ether oxygens (including phenoxy) is 1. The second-order valence-corrected chi connectivity index (χ2v) is 12.7. The van der Waals surface area contributed by atoms with Gasteiger partial charge in [0.05, 0.1) is 24.7 Å². The number of anilines is 4. The van der Waals surface area contributed by atoms with Crippen LogP contribution in [0.3, 0.4) is 0 Å². The van der Waals surface area contributed by atoms with E-state index in [9.17, 15) is 26.8 Å². The first-order valence-corrected chi connectivity index (χ1v) is 16.1. The summed E-state index contributed by atoms with van der Waals surface area (Å²) in [5, 5.41) is 2.75. The van der Waals surface area contributed by atoms with Crippen molar-refractivity contribution in [1.29, 1.82) is 0 Å². The Balaban J connectivity index is 0.00000173. The van der Waals surface area contributed by atoms with Crippen LogP contribution in [-0.2, 0) is 19.6 Å². The maximum absolute atomic E-state index is 13.6. The monoisotopic (exact) mass is 627 g/mol. The van der Waals surface area contributed by atoms with E-state index in [0.29, 0.717) is 29.9 Å². The maximum atomic E-state index is 13.6. The summed E-state index contributed by atoms with van der Waals surface area (Å²) in [6.45, 7) is 7.27. The molecule has 2 aromatic rings. The van der Waals surface area contributed by atoms with Crippen molar-refractivity contribution in [2.24, 2.45) is 5.41 Å². The molecule has 3 aliphatic rings. The Kier molecular flexibility index (Phi) is 9.72. The fourth-order valence-corrected chi connectivity index (χ4v) is 6.19. The van der Waals surface area contributed by atoms with Crippen molar-refractivity contribution in [1.82, 2.24) is 15.0 Å². The summed E-state index contributed by atoms with van der Waals surface area (Å²) in [5.74, 6) is -4.61. The Labute approximate surface area is 253 Å². The number of rotatable bonds is 8. The molecule has 15 heteroatoms. The van der Waals surface area contributed by atoms with Crippen LogP contribution >= 0.6 is 0 Å². The van der Waals surface area contributed by atoms with Gasteiger partial charge in [-0.2, -0.15) is 4.98 Å². The highest BCUT2D eigenvalue weighted by Gasteiger charge is 2.45. The summed E-state index contributed by atoms with van der Waals surface area (Å²) in [7, 11) is -2.97. The van der Waals surface area contributed by atoms with Gasteiger partial charge in [-0.1, -0.05) is 13.8 Å².